The van der Waals surface area contributed by atoms with Gasteiger partial charge in [0.05, 0.1) is 5.69 Å². The molecule has 6 aliphatic rings. The Kier molecular flexibility index (Phi) is 10.0. The van der Waals surface area contributed by atoms with Crippen LogP contribution in [0.5, 0.6) is 5.75 Å². The van der Waals surface area contributed by atoms with Gasteiger partial charge in [0.2, 0.25) is 11.8 Å². The van der Waals surface area contributed by atoms with Crippen LogP contribution in [-0.4, -0.2) is 84.5 Å². The lowest BCUT2D eigenvalue weighted by molar-refractivity contribution is -0.136. The minimum atomic E-state index is -0.600. The number of amides is 3. The third kappa shape index (κ3) is 7.23. The molecule has 290 valence electrons. The number of nitrogens with zero attached hydrogens (tertiary/aromatic N) is 4. The number of halogens is 1. The standard InChI is InChI=1S/C45H54FN5O4/c46-39-26-32(43-36(30-4-2-1-3-5-30)10-6-31-25-35(52)9-12-37(31)43)7-13-40(39)50-18-16-29(17-19-50)27-48-20-22-49(23-21-48)34-8-11-38-33(24-34)28-51(45(38)55)41-14-15-42(53)47-44(41)54/h7-9,11-13,24-26,29-30,36,41,43,52H,1-6,10,14-23,27-28H2,(H,47,53,54). The molecule has 2 aliphatic carbocycles. The van der Waals surface area contributed by atoms with Gasteiger partial charge in [0.15, 0.2) is 0 Å². The molecule has 3 aromatic carbocycles. The van der Waals surface area contributed by atoms with E-state index in [4.69, 9.17) is 0 Å². The van der Waals surface area contributed by atoms with E-state index in [-0.39, 0.29) is 35.9 Å². The van der Waals surface area contributed by atoms with Crippen molar-refractivity contribution in [1.29, 1.82) is 0 Å². The Balaban J connectivity index is 0.787. The van der Waals surface area contributed by atoms with Crippen molar-refractivity contribution in [3.8, 4) is 5.75 Å². The van der Waals surface area contributed by atoms with Gasteiger partial charge in [-0.1, -0.05) is 44.2 Å². The molecule has 2 N–H and O–H groups in total. The first kappa shape index (κ1) is 36.2. The average molecular weight is 748 g/mol. The highest BCUT2D eigenvalue weighted by molar-refractivity contribution is 6.05. The van der Waals surface area contributed by atoms with Gasteiger partial charge in [-0.25, -0.2) is 4.39 Å². The Bertz CT molecular complexity index is 1950. The van der Waals surface area contributed by atoms with Crippen LogP contribution in [-0.2, 0) is 22.6 Å². The summed E-state index contributed by atoms with van der Waals surface area (Å²) in [7, 11) is 0. The van der Waals surface area contributed by atoms with Gasteiger partial charge >= 0.3 is 0 Å². The third-order valence-corrected chi connectivity index (χ3v) is 13.9. The summed E-state index contributed by atoms with van der Waals surface area (Å²) in [5.41, 5.74) is 6.99. The quantitative estimate of drug-likeness (QED) is 0.263. The summed E-state index contributed by atoms with van der Waals surface area (Å²) in [6, 6.07) is 17.3. The number of carbonyl (C=O) groups excluding carboxylic acids is 3. The molecule has 0 bridgehead atoms. The fourth-order valence-corrected chi connectivity index (χ4v) is 11.0. The Morgan fingerprint density at radius 1 is 0.745 bits per heavy atom. The molecule has 3 aromatic rings. The number of imide groups is 1. The molecule has 0 spiro atoms. The molecule has 3 saturated heterocycles. The molecule has 1 saturated carbocycles. The largest absolute Gasteiger partial charge is 0.508 e. The molecule has 9 nitrogen and oxygen atoms in total. The lowest BCUT2D eigenvalue weighted by atomic mass is 9.64. The van der Waals surface area contributed by atoms with E-state index < -0.39 is 6.04 Å². The Hall–Kier alpha value is -4.44. The first-order chi connectivity index (χ1) is 26.8. The van der Waals surface area contributed by atoms with Crippen LogP contribution in [0.4, 0.5) is 15.8 Å². The highest BCUT2D eigenvalue weighted by Crippen LogP contribution is 2.49. The topological polar surface area (TPSA) is 96.4 Å². The Morgan fingerprint density at radius 2 is 1.55 bits per heavy atom. The van der Waals surface area contributed by atoms with Gasteiger partial charge in [-0.15, -0.1) is 0 Å². The number of anilines is 2. The highest BCUT2D eigenvalue weighted by Gasteiger charge is 2.40. The van der Waals surface area contributed by atoms with Crippen LogP contribution in [0.3, 0.4) is 0 Å². The summed E-state index contributed by atoms with van der Waals surface area (Å²) in [6.07, 6.45) is 11.3. The number of aromatic hydroxyl groups is 1. The number of aryl methyl sites for hydroxylation is 1. The molecule has 3 amide bonds. The fraction of sp³-hybridized carbons (Fsp3) is 0.533. The van der Waals surface area contributed by atoms with Gasteiger partial charge in [0.25, 0.3) is 5.91 Å². The van der Waals surface area contributed by atoms with Crippen LogP contribution in [0.2, 0.25) is 0 Å². The number of piperidine rings is 2. The zero-order valence-electron chi connectivity index (χ0n) is 31.9. The first-order valence-corrected chi connectivity index (χ1v) is 20.9. The fourth-order valence-electron chi connectivity index (χ4n) is 11.0. The number of phenolic OH excluding ortho intramolecular Hbond substituents is 1. The monoisotopic (exact) mass is 747 g/mol. The number of piperazine rings is 1. The Morgan fingerprint density at radius 3 is 2.31 bits per heavy atom. The third-order valence-electron chi connectivity index (χ3n) is 13.9. The van der Waals surface area contributed by atoms with E-state index in [9.17, 15) is 19.5 Å². The highest BCUT2D eigenvalue weighted by atomic mass is 19.1. The summed E-state index contributed by atoms with van der Waals surface area (Å²) < 4.78 is 16.1. The molecule has 10 heteroatoms. The molecule has 4 aliphatic heterocycles. The molecule has 55 heavy (non-hydrogen) atoms. The van der Waals surface area contributed by atoms with Crippen LogP contribution in [0.25, 0.3) is 0 Å². The molecule has 3 unspecified atom stereocenters. The SMILES string of the molecule is O=C1CCC(N2Cc3cc(N4CCN(CC5CCN(c6ccc(C7c8ccc(O)cc8CCC7C7CCCCC7)cc6F)CC5)CC4)ccc3C2=O)C(=O)N1. The molecule has 0 radical (unpaired) electrons. The molecule has 3 atom stereocenters. The van der Waals surface area contributed by atoms with Crippen molar-refractivity contribution in [3.63, 3.8) is 0 Å². The minimum absolute atomic E-state index is 0.111. The molecular formula is C45H54FN5O4. The van der Waals surface area contributed by atoms with Crippen LogP contribution in [0.15, 0.2) is 54.6 Å². The molecule has 4 heterocycles. The number of carbonyl (C=O) groups is 3. The number of hydrogen-bond acceptors (Lipinski definition) is 7. The van der Waals surface area contributed by atoms with E-state index in [0.29, 0.717) is 42.0 Å². The van der Waals surface area contributed by atoms with Crippen molar-refractivity contribution in [2.45, 2.75) is 89.1 Å². The maximum atomic E-state index is 16.1. The predicted octanol–water partition coefficient (Wildman–Crippen LogP) is 6.61. The van der Waals surface area contributed by atoms with Gasteiger partial charge < -0.3 is 19.8 Å². The normalized spacial score (nSPS) is 25.6. The van der Waals surface area contributed by atoms with Gasteiger partial charge in [0.1, 0.15) is 17.6 Å². The number of benzene rings is 3. The number of fused-ring (bicyclic) bond motifs is 2. The van der Waals surface area contributed by atoms with Gasteiger partial charge in [-0.2, -0.15) is 0 Å². The minimum Gasteiger partial charge on any atom is -0.508 e. The van der Waals surface area contributed by atoms with Crippen molar-refractivity contribution in [3.05, 3.63) is 88.2 Å². The van der Waals surface area contributed by atoms with Crippen molar-refractivity contribution in [1.82, 2.24) is 15.1 Å². The molecule has 0 aromatic heterocycles. The Labute approximate surface area is 323 Å². The zero-order valence-corrected chi connectivity index (χ0v) is 31.9. The van der Waals surface area contributed by atoms with Crippen LogP contribution < -0.4 is 15.1 Å². The second-order valence-electron chi connectivity index (χ2n) is 17.1. The zero-order chi connectivity index (χ0) is 37.6. The second-order valence-corrected chi connectivity index (χ2v) is 17.1. The number of nitrogens with one attached hydrogen (secondary N) is 1. The lowest BCUT2D eigenvalue weighted by Crippen LogP contribution is -2.52. The number of hydrogen-bond donors (Lipinski definition) is 2. The van der Waals surface area contributed by atoms with Crippen molar-refractivity contribution in [2.75, 3.05) is 55.6 Å². The summed E-state index contributed by atoms with van der Waals surface area (Å²) >= 11 is 0. The lowest BCUT2D eigenvalue weighted by Gasteiger charge is -2.41. The summed E-state index contributed by atoms with van der Waals surface area (Å²) in [4.78, 5) is 46.1. The van der Waals surface area contributed by atoms with Crippen LogP contribution >= 0.6 is 0 Å². The number of rotatable bonds is 7. The number of phenols is 1. The molecular weight excluding hydrogens is 694 g/mol. The van der Waals surface area contributed by atoms with E-state index in [1.807, 2.05) is 36.4 Å². The van der Waals surface area contributed by atoms with Crippen LogP contribution in [0.1, 0.15) is 103 Å². The van der Waals surface area contributed by atoms with E-state index in [1.165, 1.54) is 43.2 Å². The van der Waals surface area contributed by atoms with Gasteiger partial charge in [0, 0.05) is 75.9 Å². The predicted molar refractivity (Wildman–Crippen MR) is 211 cm³/mol. The summed E-state index contributed by atoms with van der Waals surface area (Å²) in [5, 5.41) is 12.6. The van der Waals surface area contributed by atoms with Crippen LogP contribution in [0, 0.1) is 23.6 Å². The van der Waals surface area contributed by atoms with Gasteiger partial charge in [-0.3, -0.25) is 24.6 Å². The maximum Gasteiger partial charge on any atom is 0.255 e. The van der Waals surface area contributed by atoms with Gasteiger partial charge in [-0.05, 0) is 115 Å². The van der Waals surface area contributed by atoms with E-state index in [0.717, 1.165) is 94.0 Å². The first-order valence-electron chi connectivity index (χ1n) is 20.9. The molecule has 4 fully saturated rings. The van der Waals surface area contributed by atoms with Crippen molar-refractivity contribution < 1.29 is 23.9 Å². The van der Waals surface area contributed by atoms with E-state index in [2.05, 4.69) is 38.2 Å². The maximum absolute atomic E-state index is 16.1. The van der Waals surface area contributed by atoms with E-state index in [1.54, 1.807) is 4.90 Å². The van der Waals surface area contributed by atoms with E-state index >= 15 is 4.39 Å². The molecule has 9 rings (SSSR count). The second kappa shape index (κ2) is 15.2. The smallest absolute Gasteiger partial charge is 0.255 e. The van der Waals surface area contributed by atoms with Crippen molar-refractivity contribution in [2.24, 2.45) is 17.8 Å². The summed E-state index contributed by atoms with van der Waals surface area (Å²) in [6.45, 7) is 6.94. The summed E-state index contributed by atoms with van der Waals surface area (Å²) in [5.74, 6) is 1.36. The average Bonchev–Trinajstić information content (AvgIpc) is 3.53. The van der Waals surface area contributed by atoms with Crippen molar-refractivity contribution >= 4 is 29.1 Å².